The second-order valence-corrected chi connectivity index (χ2v) is 35.4. The highest BCUT2D eigenvalue weighted by Crippen LogP contribution is 2.41. The standard InChI is InChI=1S/C58H114S8/c1-56(2,3)64-42-25-15-12-22-37-59-45-32-51-30-31-54(35-48-62-40-24-14-17-27-44-66-58(7,8)9)55(50-51)36-49-63-41-21-11-10-20-38-60-46-33-52-28-18-19-29-53(52)34-47-61-39-23-13-16-26-43-65-57(4,5)6/h51-55H,10-50H2,1-9H3. The Hall–Kier alpha value is 2.80. The van der Waals surface area contributed by atoms with Gasteiger partial charge in [0, 0.05) is 14.2 Å². The lowest BCUT2D eigenvalue weighted by Gasteiger charge is -2.36. The van der Waals surface area contributed by atoms with E-state index in [4.69, 9.17) is 0 Å². The van der Waals surface area contributed by atoms with Crippen molar-refractivity contribution in [3.63, 3.8) is 0 Å². The molecule has 5 unspecified atom stereocenters. The zero-order valence-corrected chi connectivity index (χ0v) is 52.2. The lowest BCUT2D eigenvalue weighted by atomic mass is 9.71. The van der Waals surface area contributed by atoms with Gasteiger partial charge in [0.05, 0.1) is 0 Å². The van der Waals surface area contributed by atoms with Crippen LogP contribution in [0, 0.1) is 29.6 Å². The minimum absolute atomic E-state index is 0.427. The van der Waals surface area contributed by atoms with Crippen LogP contribution in [0.25, 0.3) is 0 Å². The van der Waals surface area contributed by atoms with Crippen molar-refractivity contribution < 1.29 is 0 Å². The van der Waals surface area contributed by atoms with Gasteiger partial charge in [-0.05, 0) is 201 Å². The Morgan fingerprint density at radius 2 is 0.545 bits per heavy atom. The van der Waals surface area contributed by atoms with Crippen molar-refractivity contribution in [3.8, 4) is 0 Å². The van der Waals surface area contributed by atoms with Crippen LogP contribution in [0.1, 0.15) is 242 Å². The Morgan fingerprint density at radius 3 is 0.864 bits per heavy atom. The minimum atomic E-state index is 0.427. The number of rotatable bonds is 43. The van der Waals surface area contributed by atoms with Gasteiger partial charge in [0.2, 0.25) is 0 Å². The van der Waals surface area contributed by atoms with E-state index in [2.05, 4.69) is 156 Å². The molecule has 8 heteroatoms. The van der Waals surface area contributed by atoms with Crippen molar-refractivity contribution in [2.45, 2.75) is 256 Å². The zero-order chi connectivity index (χ0) is 48.0. The number of thioether (sulfide) groups is 8. The van der Waals surface area contributed by atoms with Gasteiger partial charge >= 0.3 is 0 Å². The van der Waals surface area contributed by atoms with Crippen LogP contribution in [0.3, 0.4) is 0 Å². The maximum Gasteiger partial charge on any atom is 0.00750 e. The zero-order valence-electron chi connectivity index (χ0n) is 45.6. The molecule has 0 heterocycles. The molecule has 0 spiro atoms. The molecule has 0 aromatic heterocycles. The smallest absolute Gasteiger partial charge is 0.00750 e. The summed E-state index contributed by atoms with van der Waals surface area (Å²) in [4.78, 5) is 0. The molecule has 0 radical (unpaired) electrons. The predicted molar refractivity (Wildman–Crippen MR) is 330 cm³/mol. The van der Waals surface area contributed by atoms with Crippen LogP contribution in [0.4, 0.5) is 0 Å². The number of hydrogen-bond acceptors (Lipinski definition) is 8. The van der Waals surface area contributed by atoms with Gasteiger partial charge in [-0.2, -0.15) is 94.1 Å². The first-order valence-electron chi connectivity index (χ1n) is 28.5. The molecule has 5 atom stereocenters. The second-order valence-electron chi connectivity index (χ2n) is 23.5. The van der Waals surface area contributed by atoms with Gasteiger partial charge in [-0.3, -0.25) is 0 Å². The average molecular weight is 1070 g/mol. The van der Waals surface area contributed by atoms with E-state index >= 15 is 0 Å². The molecule has 394 valence electrons. The number of hydrogen-bond donors (Lipinski definition) is 0. The molecule has 2 aliphatic carbocycles. The first-order chi connectivity index (χ1) is 31.7. The van der Waals surface area contributed by atoms with Crippen molar-refractivity contribution in [3.05, 3.63) is 0 Å². The first kappa shape index (κ1) is 64.9. The molecule has 0 amide bonds. The Bertz CT molecular complexity index is 1050. The van der Waals surface area contributed by atoms with Gasteiger partial charge in [-0.25, -0.2) is 0 Å². The van der Waals surface area contributed by atoms with Gasteiger partial charge in [0.25, 0.3) is 0 Å². The van der Waals surface area contributed by atoms with Crippen LogP contribution in [0.2, 0.25) is 0 Å². The third-order valence-electron chi connectivity index (χ3n) is 14.0. The Morgan fingerprint density at radius 1 is 0.273 bits per heavy atom. The molecule has 2 aliphatic rings. The fourth-order valence-corrected chi connectivity index (χ4v) is 18.4. The quantitative estimate of drug-likeness (QED) is 0.0547. The van der Waals surface area contributed by atoms with E-state index < -0.39 is 0 Å². The largest absolute Gasteiger partial charge is 0.162 e. The van der Waals surface area contributed by atoms with E-state index in [1.807, 2.05) is 0 Å². The van der Waals surface area contributed by atoms with Crippen LogP contribution in [0.5, 0.6) is 0 Å². The summed E-state index contributed by atoms with van der Waals surface area (Å²) in [6.45, 7) is 21.2. The third kappa shape index (κ3) is 41.2. The second kappa shape index (κ2) is 42.1. The summed E-state index contributed by atoms with van der Waals surface area (Å²) in [5.74, 6) is 23.2. The molecular formula is C58H114S8. The van der Waals surface area contributed by atoms with Crippen LogP contribution in [-0.4, -0.2) is 89.0 Å². The van der Waals surface area contributed by atoms with Crippen molar-refractivity contribution in [2.24, 2.45) is 29.6 Å². The molecule has 0 N–H and O–H groups in total. The van der Waals surface area contributed by atoms with Crippen molar-refractivity contribution in [1.29, 1.82) is 0 Å². The van der Waals surface area contributed by atoms with E-state index in [0.29, 0.717) is 14.2 Å². The normalized spacial score (nSPS) is 21.0. The van der Waals surface area contributed by atoms with Crippen LogP contribution in [0.15, 0.2) is 0 Å². The third-order valence-corrected chi connectivity index (χ3v) is 23.6. The maximum atomic E-state index is 2.36. The highest BCUT2D eigenvalue weighted by Gasteiger charge is 2.30. The first-order valence-corrected chi connectivity index (χ1v) is 37.3. The molecule has 2 saturated carbocycles. The van der Waals surface area contributed by atoms with Crippen molar-refractivity contribution in [1.82, 2.24) is 0 Å². The van der Waals surface area contributed by atoms with E-state index in [-0.39, 0.29) is 0 Å². The molecule has 0 nitrogen and oxygen atoms in total. The molecule has 0 saturated heterocycles. The summed E-state index contributed by atoms with van der Waals surface area (Å²) in [7, 11) is 0. The van der Waals surface area contributed by atoms with Crippen LogP contribution >= 0.6 is 94.1 Å². The van der Waals surface area contributed by atoms with Crippen LogP contribution in [-0.2, 0) is 0 Å². The van der Waals surface area contributed by atoms with Crippen molar-refractivity contribution in [2.75, 3.05) is 74.8 Å². The molecule has 2 rings (SSSR count). The van der Waals surface area contributed by atoms with Gasteiger partial charge in [0.15, 0.2) is 0 Å². The van der Waals surface area contributed by atoms with Gasteiger partial charge in [0.1, 0.15) is 0 Å². The average Bonchev–Trinajstić information content (AvgIpc) is 3.25. The predicted octanol–water partition coefficient (Wildman–Crippen LogP) is 21.3. The Labute approximate surface area is 451 Å². The molecule has 66 heavy (non-hydrogen) atoms. The maximum absolute atomic E-state index is 2.36. The van der Waals surface area contributed by atoms with Gasteiger partial charge < -0.3 is 0 Å². The van der Waals surface area contributed by atoms with Gasteiger partial charge in [-0.1, -0.05) is 146 Å². The number of unbranched alkanes of at least 4 members (excludes halogenated alkanes) is 12. The summed E-state index contributed by atoms with van der Waals surface area (Å²) >= 11 is 17.9. The fraction of sp³-hybridized carbons (Fsp3) is 1.00. The lowest BCUT2D eigenvalue weighted by Crippen LogP contribution is -2.26. The van der Waals surface area contributed by atoms with Crippen LogP contribution < -0.4 is 0 Å². The highest BCUT2D eigenvalue weighted by atomic mass is 32.2. The summed E-state index contributed by atoms with van der Waals surface area (Å²) < 4.78 is 1.29. The summed E-state index contributed by atoms with van der Waals surface area (Å²) in [6.07, 6.45) is 41.1. The summed E-state index contributed by atoms with van der Waals surface area (Å²) in [5.41, 5.74) is 0. The molecule has 0 bridgehead atoms. The van der Waals surface area contributed by atoms with E-state index in [0.717, 1.165) is 29.6 Å². The minimum Gasteiger partial charge on any atom is -0.162 e. The van der Waals surface area contributed by atoms with E-state index in [1.165, 1.54) is 248 Å². The molecule has 0 aliphatic heterocycles. The Balaban J connectivity index is 1.54. The lowest BCUT2D eigenvalue weighted by molar-refractivity contribution is 0.169. The van der Waals surface area contributed by atoms with Crippen molar-refractivity contribution >= 4 is 94.1 Å². The summed E-state index contributed by atoms with van der Waals surface area (Å²) in [5, 5.41) is 0. The molecular weight excluding hydrogens is 953 g/mol. The molecule has 0 aromatic carbocycles. The SMILES string of the molecule is CC(C)(C)SCCCCCCSCCC1CCC(CCSCCCCCCSC(C)(C)C)C(CCSCCCCCCSCCC2CCCCC2CCSCCCCCCSC(C)(C)C)C1. The fourth-order valence-electron chi connectivity index (χ4n) is 10.0. The van der Waals surface area contributed by atoms with Gasteiger partial charge in [-0.15, -0.1) is 0 Å². The monoisotopic (exact) mass is 1070 g/mol. The van der Waals surface area contributed by atoms with E-state index in [1.54, 1.807) is 6.42 Å². The summed E-state index contributed by atoms with van der Waals surface area (Å²) in [6, 6.07) is 0. The van der Waals surface area contributed by atoms with E-state index in [9.17, 15) is 0 Å². The topological polar surface area (TPSA) is 0 Å². The molecule has 0 aromatic rings. The highest BCUT2D eigenvalue weighted by molar-refractivity contribution is 8.01. The molecule has 2 fully saturated rings. The Kier molecular flexibility index (Phi) is 41.4.